The molecule has 0 spiro atoms. The molecule has 1 aromatic heterocycles. The SMILES string of the molecule is C[C@H](NC(=O)CC1CCCN1)c1cccnc1.Cl.Cl. The standard InChI is InChI=1S/C13H19N3O.2ClH/c1-10(11-4-2-6-14-9-11)16-13(17)8-12-5-3-7-15-12;;/h2,4,6,9-10,12,15H,3,5,7-8H2,1H3,(H,16,17);2*1H/t10-,12?;;/m0../s1. The van der Waals surface area contributed by atoms with Gasteiger partial charge in [-0.3, -0.25) is 9.78 Å². The Balaban J connectivity index is 0.00000162. The van der Waals surface area contributed by atoms with Gasteiger partial charge in [-0.05, 0) is 37.9 Å². The van der Waals surface area contributed by atoms with Gasteiger partial charge in [0.25, 0.3) is 0 Å². The molecule has 1 amide bonds. The smallest absolute Gasteiger partial charge is 0.222 e. The first kappa shape index (κ1) is 18.2. The molecule has 2 rings (SSSR count). The van der Waals surface area contributed by atoms with E-state index in [4.69, 9.17) is 0 Å². The van der Waals surface area contributed by atoms with E-state index in [1.165, 1.54) is 6.42 Å². The molecule has 6 heteroatoms. The van der Waals surface area contributed by atoms with Crippen LogP contribution in [0.1, 0.15) is 37.8 Å². The minimum Gasteiger partial charge on any atom is -0.349 e. The number of halogens is 2. The zero-order valence-electron chi connectivity index (χ0n) is 11.0. The topological polar surface area (TPSA) is 54.0 Å². The van der Waals surface area contributed by atoms with E-state index in [-0.39, 0.29) is 36.8 Å². The highest BCUT2D eigenvalue weighted by Gasteiger charge is 2.18. The van der Waals surface area contributed by atoms with Crippen molar-refractivity contribution in [1.82, 2.24) is 15.6 Å². The number of carbonyl (C=O) groups excluding carboxylic acids is 1. The lowest BCUT2D eigenvalue weighted by atomic mass is 10.1. The molecular weight excluding hydrogens is 285 g/mol. The van der Waals surface area contributed by atoms with Crippen molar-refractivity contribution in [2.75, 3.05) is 6.54 Å². The van der Waals surface area contributed by atoms with Crippen LogP contribution in [0.4, 0.5) is 0 Å². The highest BCUT2D eigenvalue weighted by atomic mass is 35.5. The second-order valence-electron chi connectivity index (χ2n) is 4.57. The van der Waals surface area contributed by atoms with Crippen molar-refractivity contribution < 1.29 is 4.79 Å². The van der Waals surface area contributed by atoms with E-state index in [0.717, 1.165) is 18.5 Å². The fraction of sp³-hybridized carbons (Fsp3) is 0.538. The maximum atomic E-state index is 11.8. The largest absolute Gasteiger partial charge is 0.349 e. The van der Waals surface area contributed by atoms with Crippen molar-refractivity contribution >= 4 is 30.7 Å². The van der Waals surface area contributed by atoms with Crippen molar-refractivity contribution in [3.63, 3.8) is 0 Å². The van der Waals surface area contributed by atoms with E-state index in [1.54, 1.807) is 12.4 Å². The lowest BCUT2D eigenvalue weighted by molar-refractivity contribution is -0.122. The number of nitrogens with zero attached hydrogens (tertiary/aromatic N) is 1. The number of amides is 1. The molecule has 1 fully saturated rings. The van der Waals surface area contributed by atoms with Gasteiger partial charge in [0.15, 0.2) is 0 Å². The van der Waals surface area contributed by atoms with Gasteiger partial charge >= 0.3 is 0 Å². The molecule has 0 radical (unpaired) electrons. The Labute approximate surface area is 126 Å². The number of rotatable bonds is 4. The van der Waals surface area contributed by atoms with Gasteiger partial charge in [-0.15, -0.1) is 24.8 Å². The van der Waals surface area contributed by atoms with Gasteiger partial charge in [-0.2, -0.15) is 0 Å². The number of aromatic nitrogens is 1. The van der Waals surface area contributed by atoms with Crippen molar-refractivity contribution in [1.29, 1.82) is 0 Å². The second kappa shape index (κ2) is 9.13. The number of nitrogens with one attached hydrogen (secondary N) is 2. The van der Waals surface area contributed by atoms with E-state index in [2.05, 4.69) is 15.6 Å². The molecule has 1 unspecified atom stereocenters. The molecule has 108 valence electrons. The highest BCUT2D eigenvalue weighted by molar-refractivity contribution is 5.85. The van der Waals surface area contributed by atoms with Crippen LogP contribution in [0, 0.1) is 0 Å². The van der Waals surface area contributed by atoms with Crippen LogP contribution < -0.4 is 10.6 Å². The maximum absolute atomic E-state index is 11.8. The van der Waals surface area contributed by atoms with Crippen LogP contribution in [0.2, 0.25) is 0 Å². The minimum atomic E-state index is 0. The molecule has 1 saturated heterocycles. The Hall–Kier alpha value is -0.840. The molecule has 2 heterocycles. The summed E-state index contributed by atoms with van der Waals surface area (Å²) < 4.78 is 0. The molecule has 19 heavy (non-hydrogen) atoms. The van der Waals surface area contributed by atoms with Gasteiger partial charge in [0.2, 0.25) is 5.91 Å². The summed E-state index contributed by atoms with van der Waals surface area (Å²) in [4.78, 5) is 15.9. The lowest BCUT2D eigenvalue weighted by Gasteiger charge is -2.16. The van der Waals surface area contributed by atoms with Crippen LogP contribution in [0.25, 0.3) is 0 Å². The minimum absolute atomic E-state index is 0. The molecule has 4 nitrogen and oxygen atoms in total. The van der Waals surface area contributed by atoms with Crippen molar-refractivity contribution in [2.45, 2.75) is 38.3 Å². The monoisotopic (exact) mass is 305 g/mol. The summed E-state index contributed by atoms with van der Waals surface area (Å²) in [7, 11) is 0. The second-order valence-corrected chi connectivity index (χ2v) is 4.57. The van der Waals surface area contributed by atoms with Crippen LogP contribution in [-0.4, -0.2) is 23.5 Å². The van der Waals surface area contributed by atoms with Crippen LogP contribution in [0.5, 0.6) is 0 Å². The molecule has 1 aliphatic rings. The Kier molecular flexibility index (Phi) is 8.72. The van der Waals surface area contributed by atoms with Gasteiger partial charge in [-0.25, -0.2) is 0 Å². The average Bonchev–Trinajstić information content (AvgIpc) is 2.82. The summed E-state index contributed by atoms with van der Waals surface area (Å²) in [6.45, 7) is 3.02. The lowest BCUT2D eigenvalue weighted by Crippen LogP contribution is -2.33. The first-order chi connectivity index (χ1) is 8.25. The van der Waals surface area contributed by atoms with E-state index < -0.39 is 0 Å². The van der Waals surface area contributed by atoms with E-state index >= 15 is 0 Å². The molecular formula is C13H21Cl2N3O. The predicted molar refractivity (Wildman–Crippen MR) is 80.9 cm³/mol. The fourth-order valence-electron chi connectivity index (χ4n) is 2.17. The van der Waals surface area contributed by atoms with Gasteiger partial charge in [0.05, 0.1) is 6.04 Å². The van der Waals surface area contributed by atoms with Gasteiger partial charge < -0.3 is 10.6 Å². The van der Waals surface area contributed by atoms with Gasteiger partial charge in [0.1, 0.15) is 0 Å². The van der Waals surface area contributed by atoms with Crippen molar-refractivity contribution in [3.05, 3.63) is 30.1 Å². The zero-order valence-corrected chi connectivity index (χ0v) is 12.6. The zero-order chi connectivity index (χ0) is 12.1. The summed E-state index contributed by atoms with van der Waals surface area (Å²) in [6, 6.07) is 4.25. The Morgan fingerprint density at radius 2 is 2.37 bits per heavy atom. The molecule has 1 aromatic rings. The Morgan fingerprint density at radius 1 is 1.58 bits per heavy atom. The summed E-state index contributed by atoms with van der Waals surface area (Å²) in [5.74, 6) is 0.112. The molecule has 2 N–H and O–H groups in total. The van der Waals surface area contributed by atoms with Crippen LogP contribution >= 0.6 is 24.8 Å². The fourth-order valence-corrected chi connectivity index (χ4v) is 2.17. The Morgan fingerprint density at radius 3 is 2.95 bits per heavy atom. The van der Waals surface area contributed by atoms with Crippen LogP contribution in [0.15, 0.2) is 24.5 Å². The molecule has 1 aliphatic heterocycles. The number of carbonyl (C=O) groups is 1. The molecule has 2 atom stereocenters. The van der Waals surface area contributed by atoms with Gasteiger partial charge in [0, 0.05) is 24.9 Å². The number of hydrogen-bond donors (Lipinski definition) is 2. The highest BCUT2D eigenvalue weighted by Crippen LogP contribution is 2.12. The average molecular weight is 306 g/mol. The molecule has 0 bridgehead atoms. The Bertz CT molecular complexity index is 369. The predicted octanol–water partition coefficient (Wildman–Crippen LogP) is 2.24. The van der Waals surface area contributed by atoms with E-state index in [1.807, 2.05) is 19.1 Å². The van der Waals surface area contributed by atoms with Crippen LogP contribution in [-0.2, 0) is 4.79 Å². The number of hydrogen-bond acceptors (Lipinski definition) is 3. The molecule has 0 aliphatic carbocycles. The molecule has 0 saturated carbocycles. The summed E-state index contributed by atoms with van der Waals surface area (Å²) in [6.07, 6.45) is 6.38. The van der Waals surface area contributed by atoms with E-state index in [0.29, 0.717) is 12.5 Å². The summed E-state index contributed by atoms with van der Waals surface area (Å²) >= 11 is 0. The first-order valence-electron chi connectivity index (χ1n) is 6.18. The molecule has 0 aromatic carbocycles. The summed E-state index contributed by atoms with van der Waals surface area (Å²) in [5.41, 5.74) is 1.04. The van der Waals surface area contributed by atoms with Gasteiger partial charge in [-0.1, -0.05) is 6.07 Å². The summed E-state index contributed by atoms with van der Waals surface area (Å²) in [5, 5.41) is 6.33. The third kappa shape index (κ3) is 5.76. The van der Waals surface area contributed by atoms with E-state index in [9.17, 15) is 4.79 Å². The third-order valence-corrected chi connectivity index (χ3v) is 3.16. The number of pyridine rings is 1. The third-order valence-electron chi connectivity index (χ3n) is 3.16. The quantitative estimate of drug-likeness (QED) is 0.897. The van der Waals surface area contributed by atoms with Crippen molar-refractivity contribution in [2.24, 2.45) is 0 Å². The first-order valence-corrected chi connectivity index (χ1v) is 6.18. The van der Waals surface area contributed by atoms with Crippen LogP contribution in [0.3, 0.4) is 0 Å². The van der Waals surface area contributed by atoms with Crippen molar-refractivity contribution in [3.8, 4) is 0 Å². The maximum Gasteiger partial charge on any atom is 0.222 e. The normalized spacial score (nSPS) is 18.9.